The lowest BCUT2D eigenvalue weighted by molar-refractivity contribution is -0.116. The molecule has 0 saturated heterocycles. The van der Waals surface area contributed by atoms with E-state index in [-0.39, 0.29) is 11.8 Å². The summed E-state index contributed by atoms with van der Waals surface area (Å²) in [5.41, 5.74) is 3.28. The van der Waals surface area contributed by atoms with Gasteiger partial charge in [-0.05, 0) is 18.1 Å². The third-order valence-electron chi connectivity index (χ3n) is 2.24. The zero-order valence-electron chi connectivity index (χ0n) is 7.91. The number of rotatable bonds is 1. The number of carbonyl (C=O) groups is 2. The predicted octanol–water partition coefficient (Wildman–Crippen LogP) is -0.430. The third kappa shape index (κ3) is 1.79. The number of aryl methyl sites for hydroxylation is 1. The zero-order valence-corrected chi connectivity index (χ0v) is 7.91. The van der Waals surface area contributed by atoms with Crippen LogP contribution in [0.4, 0.5) is 5.82 Å². The van der Waals surface area contributed by atoms with Crippen LogP contribution < -0.4 is 16.6 Å². The van der Waals surface area contributed by atoms with Crippen LogP contribution >= 0.6 is 0 Å². The fraction of sp³-hybridized carbons (Fsp3) is 0.222. The molecule has 0 fully saturated rings. The molecular weight excluding hydrogens is 196 g/mol. The van der Waals surface area contributed by atoms with Crippen LogP contribution in [0.25, 0.3) is 0 Å². The number of nitrogens with one attached hydrogen (secondary N) is 2. The Morgan fingerprint density at radius 1 is 1.53 bits per heavy atom. The minimum absolute atomic E-state index is 0.0500. The topological polar surface area (TPSA) is 97.1 Å². The van der Waals surface area contributed by atoms with Crippen LogP contribution in [0.3, 0.4) is 0 Å². The van der Waals surface area contributed by atoms with Crippen molar-refractivity contribution in [3.05, 3.63) is 23.4 Å². The second-order valence-electron chi connectivity index (χ2n) is 3.25. The van der Waals surface area contributed by atoms with E-state index in [0.717, 1.165) is 5.56 Å². The Hall–Kier alpha value is -1.95. The first-order valence-electron chi connectivity index (χ1n) is 4.50. The molecule has 0 bridgehead atoms. The highest BCUT2D eigenvalue weighted by Crippen LogP contribution is 2.20. The Labute approximate surface area is 85.8 Å². The molecule has 2 heterocycles. The van der Waals surface area contributed by atoms with Gasteiger partial charge in [0, 0.05) is 12.6 Å². The van der Waals surface area contributed by atoms with Crippen molar-refractivity contribution in [3.63, 3.8) is 0 Å². The molecule has 1 aliphatic rings. The second-order valence-corrected chi connectivity index (χ2v) is 3.25. The average Bonchev–Trinajstić information content (AvgIpc) is 2.27. The summed E-state index contributed by atoms with van der Waals surface area (Å²) in [7, 11) is 0. The van der Waals surface area contributed by atoms with Crippen molar-refractivity contribution in [1.82, 2.24) is 10.4 Å². The van der Waals surface area contributed by atoms with E-state index in [4.69, 9.17) is 5.84 Å². The quantitative estimate of drug-likeness (QED) is 0.330. The number of amides is 2. The summed E-state index contributed by atoms with van der Waals surface area (Å²) in [6.07, 6.45) is 2.40. The van der Waals surface area contributed by atoms with Crippen LogP contribution in [0.1, 0.15) is 22.3 Å². The van der Waals surface area contributed by atoms with Gasteiger partial charge >= 0.3 is 0 Å². The normalized spacial score (nSPS) is 14.1. The van der Waals surface area contributed by atoms with Crippen molar-refractivity contribution in [1.29, 1.82) is 0 Å². The summed E-state index contributed by atoms with van der Waals surface area (Å²) in [5, 5.41) is 2.63. The summed E-state index contributed by atoms with van der Waals surface area (Å²) >= 11 is 0. The van der Waals surface area contributed by atoms with Crippen molar-refractivity contribution < 1.29 is 9.59 Å². The maximum atomic E-state index is 11.2. The molecule has 0 atom stereocenters. The van der Waals surface area contributed by atoms with Gasteiger partial charge in [0.1, 0.15) is 5.82 Å². The Morgan fingerprint density at radius 3 is 3.07 bits per heavy atom. The van der Waals surface area contributed by atoms with Gasteiger partial charge in [0.05, 0.1) is 5.56 Å². The van der Waals surface area contributed by atoms with Gasteiger partial charge in [-0.1, -0.05) is 0 Å². The maximum Gasteiger partial charge on any atom is 0.266 e. The second kappa shape index (κ2) is 3.66. The average molecular weight is 206 g/mol. The minimum Gasteiger partial charge on any atom is -0.310 e. The number of hydrogen-bond donors (Lipinski definition) is 3. The van der Waals surface area contributed by atoms with E-state index >= 15 is 0 Å². The minimum atomic E-state index is -0.387. The van der Waals surface area contributed by atoms with Crippen LogP contribution in [-0.2, 0) is 11.2 Å². The fourth-order valence-electron chi connectivity index (χ4n) is 1.46. The van der Waals surface area contributed by atoms with Crippen LogP contribution in [0.5, 0.6) is 0 Å². The van der Waals surface area contributed by atoms with E-state index in [1.807, 2.05) is 5.43 Å². The van der Waals surface area contributed by atoms with Gasteiger partial charge in [-0.25, -0.2) is 10.8 Å². The van der Waals surface area contributed by atoms with Crippen molar-refractivity contribution in [2.75, 3.05) is 5.32 Å². The van der Waals surface area contributed by atoms with E-state index in [9.17, 15) is 9.59 Å². The number of hydrogen-bond acceptors (Lipinski definition) is 4. The number of aromatic nitrogens is 1. The van der Waals surface area contributed by atoms with Crippen molar-refractivity contribution in [2.24, 2.45) is 5.84 Å². The Morgan fingerprint density at radius 2 is 2.33 bits per heavy atom. The van der Waals surface area contributed by atoms with Crippen LogP contribution in [0.15, 0.2) is 12.3 Å². The van der Waals surface area contributed by atoms with Gasteiger partial charge in [-0.3, -0.25) is 15.0 Å². The number of carbonyl (C=O) groups excluding carboxylic acids is 2. The lowest BCUT2D eigenvalue weighted by Crippen LogP contribution is -2.30. The Balaban J connectivity index is 2.34. The van der Waals surface area contributed by atoms with Crippen molar-refractivity contribution in [2.45, 2.75) is 12.8 Å². The van der Waals surface area contributed by atoms with Crippen molar-refractivity contribution >= 4 is 17.6 Å². The SMILES string of the molecule is NNC(=O)c1cnc2c(c1)CCC(=O)N2. The molecule has 1 aromatic rings. The van der Waals surface area contributed by atoms with Gasteiger partial charge in [0.25, 0.3) is 5.91 Å². The highest BCUT2D eigenvalue weighted by molar-refractivity contribution is 5.96. The molecule has 0 radical (unpaired) electrons. The molecule has 15 heavy (non-hydrogen) atoms. The molecule has 0 unspecified atom stereocenters. The molecular formula is C9H10N4O2. The molecule has 1 aromatic heterocycles. The molecule has 2 rings (SSSR count). The molecule has 1 aliphatic heterocycles. The predicted molar refractivity (Wildman–Crippen MR) is 52.8 cm³/mol. The number of fused-ring (bicyclic) bond motifs is 1. The number of pyridine rings is 1. The molecule has 0 aromatic carbocycles. The molecule has 78 valence electrons. The first-order chi connectivity index (χ1) is 7.20. The van der Waals surface area contributed by atoms with Crippen LogP contribution in [0, 0.1) is 0 Å². The van der Waals surface area contributed by atoms with E-state index in [1.54, 1.807) is 6.07 Å². The molecule has 6 nitrogen and oxygen atoms in total. The Bertz CT molecular complexity index is 430. The number of nitrogens with two attached hydrogens (primary N) is 1. The molecule has 0 spiro atoms. The smallest absolute Gasteiger partial charge is 0.266 e. The third-order valence-corrected chi connectivity index (χ3v) is 2.24. The van der Waals surface area contributed by atoms with E-state index < -0.39 is 0 Å². The summed E-state index contributed by atoms with van der Waals surface area (Å²) in [6.45, 7) is 0. The fourth-order valence-corrected chi connectivity index (χ4v) is 1.46. The van der Waals surface area contributed by atoms with E-state index in [2.05, 4.69) is 10.3 Å². The van der Waals surface area contributed by atoms with Gasteiger partial charge in [0.2, 0.25) is 5.91 Å². The lowest BCUT2D eigenvalue weighted by Gasteiger charge is -2.15. The molecule has 4 N–H and O–H groups in total. The highest BCUT2D eigenvalue weighted by atomic mass is 16.2. The van der Waals surface area contributed by atoms with E-state index in [1.165, 1.54) is 6.20 Å². The molecule has 0 saturated carbocycles. The summed E-state index contributed by atoms with van der Waals surface area (Å²) in [4.78, 5) is 26.2. The summed E-state index contributed by atoms with van der Waals surface area (Å²) in [5.74, 6) is 5.10. The standard InChI is InChI=1S/C9H10N4O2/c10-13-9(15)6-3-5-1-2-7(14)12-8(5)11-4-6/h3-4H,1-2,10H2,(H,13,15)(H,11,12,14). The van der Waals surface area contributed by atoms with Crippen molar-refractivity contribution in [3.8, 4) is 0 Å². The van der Waals surface area contributed by atoms with Gasteiger partial charge < -0.3 is 5.32 Å². The largest absolute Gasteiger partial charge is 0.310 e. The molecule has 0 aliphatic carbocycles. The highest BCUT2D eigenvalue weighted by Gasteiger charge is 2.17. The molecule has 6 heteroatoms. The zero-order chi connectivity index (χ0) is 10.8. The number of hydrazine groups is 1. The first kappa shape index (κ1) is 9.60. The monoisotopic (exact) mass is 206 g/mol. The summed E-state index contributed by atoms with van der Waals surface area (Å²) in [6, 6.07) is 1.68. The number of anilines is 1. The maximum absolute atomic E-state index is 11.2. The van der Waals surface area contributed by atoms with E-state index in [0.29, 0.717) is 24.2 Å². The van der Waals surface area contributed by atoms with Gasteiger partial charge in [-0.15, -0.1) is 0 Å². The number of nitrogen functional groups attached to an aromatic ring is 1. The van der Waals surface area contributed by atoms with Gasteiger partial charge in [-0.2, -0.15) is 0 Å². The Kier molecular flexibility index (Phi) is 2.34. The van der Waals surface area contributed by atoms with Crippen LogP contribution in [-0.4, -0.2) is 16.8 Å². The first-order valence-corrected chi connectivity index (χ1v) is 4.50. The number of nitrogens with zero attached hydrogens (tertiary/aromatic N) is 1. The molecule has 2 amide bonds. The lowest BCUT2D eigenvalue weighted by atomic mass is 10.0. The van der Waals surface area contributed by atoms with Crippen LogP contribution in [0.2, 0.25) is 0 Å². The van der Waals surface area contributed by atoms with Gasteiger partial charge in [0.15, 0.2) is 0 Å². The summed E-state index contributed by atoms with van der Waals surface area (Å²) < 4.78 is 0.